The number of carbonyl (C=O) groups is 1. The third kappa shape index (κ3) is 2.63. The van der Waals surface area contributed by atoms with Crippen LogP contribution in [-0.2, 0) is 0 Å². The molecule has 1 unspecified atom stereocenters. The number of carbonyl (C=O) groups excluding carboxylic acids is 1. The van der Waals surface area contributed by atoms with E-state index in [4.69, 9.17) is 0 Å². The molecule has 1 saturated heterocycles. The fourth-order valence-corrected chi connectivity index (χ4v) is 3.16. The number of rotatable bonds is 2. The lowest BCUT2D eigenvalue weighted by Gasteiger charge is -2.48. The Labute approximate surface area is 112 Å². The first-order chi connectivity index (χ1) is 9.17. The Kier molecular flexibility index (Phi) is 3.27. The van der Waals surface area contributed by atoms with Crippen molar-refractivity contribution in [3.8, 4) is 0 Å². The number of halogens is 1. The van der Waals surface area contributed by atoms with E-state index in [1.807, 2.05) is 0 Å². The SMILES string of the molecule is O=C(NC1CCNC2(CCC2)C1)c1cccc(F)c1. The minimum absolute atomic E-state index is 0.166. The van der Waals surface area contributed by atoms with Gasteiger partial charge in [-0.25, -0.2) is 4.39 Å². The van der Waals surface area contributed by atoms with E-state index in [0.29, 0.717) is 5.56 Å². The molecule has 1 spiro atoms. The summed E-state index contributed by atoms with van der Waals surface area (Å²) in [4.78, 5) is 12.1. The van der Waals surface area contributed by atoms with Crippen molar-refractivity contribution in [2.45, 2.75) is 43.7 Å². The molecule has 19 heavy (non-hydrogen) atoms. The van der Waals surface area contributed by atoms with Crippen LogP contribution in [0.3, 0.4) is 0 Å². The normalized spacial score (nSPS) is 24.8. The number of benzene rings is 1. The van der Waals surface area contributed by atoms with Crippen LogP contribution in [0.1, 0.15) is 42.5 Å². The van der Waals surface area contributed by atoms with Crippen molar-refractivity contribution in [2.24, 2.45) is 0 Å². The Bertz CT molecular complexity index is 485. The van der Waals surface area contributed by atoms with E-state index < -0.39 is 0 Å². The summed E-state index contributed by atoms with van der Waals surface area (Å²) in [5.41, 5.74) is 0.666. The molecular formula is C15H19FN2O. The summed E-state index contributed by atoms with van der Waals surface area (Å²) in [6.45, 7) is 0.952. The smallest absolute Gasteiger partial charge is 0.251 e. The van der Waals surface area contributed by atoms with E-state index in [-0.39, 0.29) is 23.3 Å². The van der Waals surface area contributed by atoms with Crippen LogP contribution in [0.25, 0.3) is 0 Å². The summed E-state index contributed by atoms with van der Waals surface area (Å²) < 4.78 is 13.1. The minimum Gasteiger partial charge on any atom is -0.349 e. The van der Waals surface area contributed by atoms with Gasteiger partial charge >= 0.3 is 0 Å². The van der Waals surface area contributed by atoms with Crippen molar-refractivity contribution in [1.82, 2.24) is 10.6 Å². The summed E-state index contributed by atoms with van der Waals surface area (Å²) in [6, 6.07) is 6.07. The van der Waals surface area contributed by atoms with Crippen molar-refractivity contribution in [2.75, 3.05) is 6.54 Å². The van der Waals surface area contributed by atoms with E-state index in [9.17, 15) is 9.18 Å². The molecule has 1 aromatic carbocycles. The molecule has 3 rings (SSSR count). The molecule has 0 bridgehead atoms. The molecule has 0 radical (unpaired) electrons. The zero-order valence-electron chi connectivity index (χ0n) is 10.9. The van der Waals surface area contributed by atoms with Gasteiger partial charge in [0.25, 0.3) is 5.91 Å². The van der Waals surface area contributed by atoms with Crippen LogP contribution >= 0.6 is 0 Å². The number of nitrogens with one attached hydrogen (secondary N) is 2. The fraction of sp³-hybridized carbons (Fsp3) is 0.533. The third-order valence-electron chi connectivity index (χ3n) is 4.36. The van der Waals surface area contributed by atoms with Gasteiger partial charge < -0.3 is 10.6 Å². The maximum absolute atomic E-state index is 13.1. The number of piperidine rings is 1. The summed E-state index contributed by atoms with van der Waals surface area (Å²) in [5, 5.41) is 6.61. The Morgan fingerprint density at radius 3 is 2.95 bits per heavy atom. The first kappa shape index (κ1) is 12.6. The largest absolute Gasteiger partial charge is 0.349 e. The maximum Gasteiger partial charge on any atom is 0.251 e. The minimum atomic E-state index is -0.367. The maximum atomic E-state index is 13.1. The first-order valence-corrected chi connectivity index (χ1v) is 6.98. The standard InChI is InChI=1S/C15H19FN2O/c16-12-4-1-3-11(9-12)14(19)18-13-5-8-17-15(10-13)6-2-7-15/h1,3-4,9,13,17H,2,5-8,10H2,(H,18,19). The second-order valence-corrected chi connectivity index (χ2v) is 5.73. The van der Waals surface area contributed by atoms with E-state index in [2.05, 4.69) is 10.6 Å². The van der Waals surface area contributed by atoms with Gasteiger partial charge in [0, 0.05) is 17.1 Å². The average Bonchev–Trinajstić information content (AvgIpc) is 2.37. The van der Waals surface area contributed by atoms with Crippen molar-refractivity contribution in [3.63, 3.8) is 0 Å². The lowest BCUT2D eigenvalue weighted by molar-refractivity contribution is 0.0852. The molecule has 2 N–H and O–H groups in total. The van der Waals surface area contributed by atoms with E-state index in [0.717, 1.165) is 19.4 Å². The van der Waals surface area contributed by atoms with Gasteiger partial charge in [-0.3, -0.25) is 4.79 Å². The second kappa shape index (κ2) is 4.93. The number of hydrogen-bond acceptors (Lipinski definition) is 2. The summed E-state index contributed by atoms with van der Waals surface area (Å²) >= 11 is 0. The molecule has 3 nitrogen and oxygen atoms in total. The Hall–Kier alpha value is -1.42. The van der Waals surface area contributed by atoms with Crippen molar-refractivity contribution in [3.05, 3.63) is 35.6 Å². The van der Waals surface area contributed by atoms with Gasteiger partial charge in [-0.05, 0) is 56.8 Å². The topological polar surface area (TPSA) is 41.1 Å². The number of hydrogen-bond donors (Lipinski definition) is 2. The first-order valence-electron chi connectivity index (χ1n) is 6.98. The molecule has 1 saturated carbocycles. The van der Waals surface area contributed by atoms with Gasteiger partial charge in [0.2, 0.25) is 0 Å². The van der Waals surface area contributed by atoms with Crippen LogP contribution in [-0.4, -0.2) is 24.0 Å². The van der Waals surface area contributed by atoms with Crippen molar-refractivity contribution < 1.29 is 9.18 Å². The molecule has 1 aromatic rings. The van der Waals surface area contributed by atoms with Crippen LogP contribution in [0.4, 0.5) is 4.39 Å². The highest BCUT2D eigenvalue weighted by molar-refractivity contribution is 5.94. The quantitative estimate of drug-likeness (QED) is 0.858. The summed E-state index contributed by atoms with van der Waals surface area (Å²) in [7, 11) is 0. The highest BCUT2D eigenvalue weighted by Crippen LogP contribution is 2.38. The monoisotopic (exact) mass is 262 g/mol. The van der Waals surface area contributed by atoms with Crippen molar-refractivity contribution >= 4 is 5.91 Å². The fourth-order valence-electron chi connectivity index (χ4n) is 3.16. The molecule has 2 fully saturated rings. The molecule has 1 heterocycles. The Morgan fingerprint density at radius 1 is 1.42 bits per heavy atom. The van der Waals surface area contributed by atoms with E-state index >= 15 is 0 Å². The highest BCUT2D eigenvalue weighted by atomic mass is 19.1. The highest BCUT2D eigenvalue weighted by Gasteiger charge is 2.41. The summed E-state index contributed by atoms with van der Waals surface area (Å²) in [6.07, 6.45) is 5.63. The summed E-state index contributed by atoms with van der Waals surface area (Å²) in [5.74, 6) is -0.533. The Morgan fingerprint density at radius 2 is 2.26 bits per heavy atom. The van der Waals surface area contributed by atoms with Crippen LogP contribution in [0, 0.1) is 5.82 Å². The van der Waals surface area contributed by atoms with E-state index in [1.54, 1.807) is 12.1 Å². The van der Waals surface area contributed by atoms with Crippen molar-refractivity contribution in [1.29, 1.82) is 0 Å². The molecule has 1 aliphatic heterocycles. The molecular weight excluding hydrogens is 243 g/mol. The third-order valence-corrected chi connectivity index (χ3v) is 4.36. The average molecular weight is 262 g/mol. The number of amides is 1. The van der Waals surface area contributed by atoms with Gasteiger partial charge in [0.05, 0.1) is 0 Å². The zero-order valence-corrected chi connectivity index (χ0v) is 10.9. The van der Waals surface area contributed by atoms with Crippen LogP contribution in [0.2, 0.25) is 0 Å². The molecule has 2 aliphatic rings. The van der Waals surface area contributed by atoms with Crippen LogP contribution in [0.15, 0.2) is 24.3 Å². The predicted octanol–water partition coefficient (Wildman–Crippen LogP) is 2.23. The Balaban J connectivity index is 1.63. The second-order valence-electron chi connectivity index (χ2n) is 5.73. The molecule has 0 aromatic heterocycles. The zero-order chi connectivity index (χ0) is 13.3. The van der Waals surface area contributed by atoms with Gasteiger partial charge in [0.15, 0.2) is 0 Å². The predicted molar refractivity (Wildman–Crippen MR) is 71.5 cm³/mol. The van der Waals surface area contributed by atoms with Gasteiger partial charge in [-0.1, -0.05) is 6.07 Å². The van der Waals surface area contributed by atoms with E-state index in [1.165, 1.54) is 31.4 Å². The lowest BCUT2D eigenvalue weighted by Crippen LogP contribution is -2.59. The van der Waals surface area contributed by atoms with Crippen LogP contribution < -0.4 is 10.6 Å². The molecule has 1 amide bonds. The molecule has 1 aliphatic carbocycles. The molecule has 4 heteroatoms. The van der Waals surface area contributed by atoms with Gasteiger partial charge in [-0.2, -0.15) is 0 Å². The van der Waals surface area contributed by atoms with Gasteiger partial charge in [-0.15, -0.1) is 0 Å². The van der Waals surface area contributed by atoms with Crippen LogP contribution in [0.5, 0.6) is 0 Å². The molecule has 102 valence electrons. The molecule has 1 atom stereocenters. The van der Waals surface area contributed by atoms with Gasteiger partial charge in [0.1, 0.15) is 5.82 Å². The lowest BCUT2D eigenvalue weighted by atomic mass is 9.70.